The fourth-order valence-electron chi connectivity index (χ4n) is 16.7. The third kappa shape index (κ3) is 9.81. The summed E-state index contributed by atoms with van der Waals surface area (Å²) in [4.78, 5) is 5.52. The molecule has 2 aliphatic rings. The first-order valence-electron chi connectivity index (χ1n) is 35.9. The average molecular weight is 1350 g/mol. The molecule has 0 N–H and O–H groups in total. The molecule has 5 heterocycles. The largest absolute Gasteiger partial charge is 0.310 e. The molecule has 0 aliphatic carbocycles. The van der Waals surface area contributed by atoms with Gasteiger partial charge >= 0.3 is 0 Å². The van der Waals surface area contributed by atoms with Crippen molar-refractivity contribution in [1.82, 2.24) is 4.57 Å². The van der Waals surface area contributed by atoms with Gasteiger partial charge in [-0.05, 0) is 162 Å². The van der Waals surface area contributed by atoms with E-state index in [1.165, 1.54) is 174 Å². The van der Waals surface area contributed by atoms with Crippen LogP contribution in [0.15, 0.2) is 297 Å². The number of benzene rings is 14. The summed E-state index contributed by atoms with van der Waals surface area (Å²) in [6.07, 6.45) is 0. The molecule has 19 rings (SSSR count). The molecule has 3 nitrogen and oxygen atoms in total. The Labute approximate surface area is 606 Å². The summed E-state index contributed by atoms with van der Waals surface area (Å²) in [5, 5.41) is 7.53. The second-order valence-electron chi connectivity index (χ2n) is 31.2. The molecule has 0 unspecified atom stereocenters. The summed E-state index contributed by atoms with van der Waals surface area (Å²) in [6, 6.07) is 114. The third-order valence-corrected chi connectivity index (χ3v) is 24.2. The van der Waals surface area contributed by atoms with Gasteiger partial charge in [-0.1, -0.05) is 281 Å². The van der Waals surface area contributed by atoms with Gasteiger partial charge in [-0.3, -0.25) is 0 Å². The number of hydrogen-bond donors (Lipinski definition) is 0. The molecular weight excluding hydrogens is 1270 g/mol. The maximum absolute atomic E-state index is 2.78. The van der Waals surface area contributed by atoms with Gasteiger partial charge in [0, 0.05) is 102 Å². The topological polar surface area (TPSA) is 11.4 Å². The molecule has 0 bridgehead atoms. The predicted molar refractivity (Wildman–Crippen MR) is 444 cm³/mol. The number of thiophene rings is 2. The van der Waals surface area contributed by atoms with Crippen molar-refractivity contribution < 1.29 is 0 Å². The van der Waals surface area contributed by atoms with Crippen LogP contribution in [-0.4, -0.2) is 11.3 Å². The molecule has 14 aromatic carbocycles. The molecule has 0 amide bonds. The van der Waals surface area contributed by atoms with Crippen molar-refractivity contribution in [3.05, 3.63) is 314 Å². The van der Waals surface area contributed by atoms with E-state index in [2.05, 4.69) is 374 Å². The molecule has 0 atom stereocenters. The van der Waals surface area contributed by atoms with Crippen molar-refractivity contribution >= 4 is 142 Å². The van der Waals surface area contributed by atoms with Crippen LogP contribution < -0.4 is 26.2 Å². The highest BCUT2D eigenvalue weighted by Crippen LogP contribution is 2.58. The second kappa shape index (κ2) is 23.3. The smallest absolute Gasteiger partial charge is 0.252 e. The van der Waals surface area contributed by atoms with E-state index in [9.17, 15) is 0 Å². The number of nitrogens with zero attached hydrogens (tertiary/aromatic N) is 3. The van der Waals surface area contributed by atoms with Crippen LogP contribution in [-0.2, 0) is 16.2 Å². The molecule has 0 radical (unpaired) electrons. The number of rotatable bonds is 8. The fourth-order valence-corrected chi connectivity index (χ4v) is 19.1. The Hall–Kier alpha value is -11.0. The van der Waals surface area contributed by atoms with Crippen molar-refractivity contribution in [2.75, 3.05) is 9.80 Å². The molecule has 3 aromatic heterocycles. The molecule has 102 heavy (non-hydrogen) atoms. The van der Waals surface area contributed by atoms with E-state index in [4.69, 9.17) is 0 Å². The van der Waals surface area contributed by atoms with Gasteiger partial charge in [0.25, 0.3) is 6.71 Å². The van der Waals surface area contributed by atoms with Gasteiger partial charge in [0.05, 0.1) is 22.4 Å². The summed E-state index contributed by atoms with van der Waals surface area (Å²) < 4.78 is 7.63. The van der Waals surface area contributed by atoms with Crippen LogP contribution >= 0.6 is 22.7 Å². The minimum Gasteiger partial charge on any atom is -0.310 e. The number of hydrogen-bond acceptors (Lipinski definition) is 4. The lowest BCUT2D eigenvalue weighted by atomic mass is 9.33. The molecule has 2 aliphatic heterocycles. The molecule has 6 heteroatoms. The molecule has 0 fully saturated rings. The van der Waals surface area contributed by atoms with E-state index in [-0.39, 0.29) is 23.0 Å². The average Bonchev–Trinajstić information content (AvgIpc) is 0.793. The lowest BCUT2D eigenvalue weighted by molar-refractivity contribution is 0.590. The van der Waals surface area contributed by atoms with Crippen molar-refractivity contribution in [2.24, 2.45) is 0 Å². The first kappa shape index (κ1) is 62.0. The maximum Gasteiger partial charge on any atom is 0.252 e. The molecule has 0 saturated carbocycles. The van der Waals surface area contributed by atoms with E-state index >= 15 is 0 Å². The summed E-state index contributed by atoms with van der Waals surface area (Å²) in [5.41, 5.74) is 29.7. The normalized spacial score (nSPS) is 13.1. The number of aromatic nitrogens is 1. The summed E-state index contributed by atoms with van der Waals surface area (Å²) in [5.74, 6) is 0. The second-order valence-corrected chi connectivity index (χ2v) is 33.3. The van der Waals surface area contributed by atoms with Crippen LogP contribution in [0, 0.1) is 0 Å². The van der Waals surface area contributed by atoms with Crippen molar-refractivity contribution in [1.29, 1.82) is 0 Å². The Morgan fingerprint density at radius 2 is 0.696 bits per heavy atom. The van der Waals surface area contributed by atoms with Gasteiger partial charge in [-0.2, -0.15) is 0 Å². The minimum absolute atomic E-state index is 0.0527. The van der Waals surface area contributed by atoms with E-state index in [0.29, 0.717) is 0 Å². The van der Waals surface area contributed by atoms with Gasteiger partial charge in [0.15, 0.2) is 0 Å². The highest BCUT2D eigenvalue weighted by atomic mass is 32.1. The zero-order chi connectivity index (χ0) is 69.1. The number of fused-ring (bicyclic) bond motifs is 13. The summed E-state index contributed by atoms with van der Waals surface area (Å²) in [7, 11) is 0. The van der Waals surface area contributed by atoms with Gasteiger partial charge in [-0.25, -0.2) is 0 Å². The lowest BCUT2D eigenvalue weighted by Gasteiger charge is -2.46. The van der Waals surface area contributed by atoms with E-state index in [1.54, 1.807) is 0 Å². The highest BCUT2D eigenvalue weighted by Gasteiger charge is 2.47. The van der Waals surface area contributed by atoms with Crippen LogP contribution in [0.4, 0.5) is 34.1 Å². The van der Waals surface area contributed by atoms with Crippen LogP contribution in [0.25, 0.3) is 123 Å². The van der Waals surface area contributed by atoms with E-state index in [1.807, 2.05) is 22.7 Å². The van der Waals surface area contributed by atoms with E-state index < -0.39 is 0 Å². The standard InChI is InChI=1S/C96H76BN3S2/c1-94(2,3)65-44-49-79-75(52-65)76-53-66(95(4,5)6)45-50-80(76)98(79)68-46-47-77-82(56-68)100(91-72(61-33-19-12-20-34-61)58-74(63-37-23-14-24-38-63)93-88(91)70-40-26-28-42-86(70)102-93)84-55-67(96(7,8)9)54-83-89(84)97(77)78-51-64(59-29-15-10-16-30-59)43-48-81(78)99(83)90-71(60-31-17-11-18-32-60)57-73(62-35-21-13-22-36-62)92-87(90)69-39-25-27-41-85(69)101-92/h10-58H,1-9H3. The SMILES string of the molecule is CC(C)(C)c1cc2c3c(c1)N(c1c(-c4ccccc4)cc(-c4ccccc4)c4sc5ccccc5c14)c1cc(-n4c5ccc(C(C)(C)C)cc5c5cc(C(C)(C)C)ccc54)ccc1B3c1cc(-c3ccccc3)ccc1N2c1c(-c2ccccc2)cc(-c2ccccc2)c2sc3ccccc3c12. The Morgan fingerprint density at radius 3 is 1.15 bits per heavy atom. The molecule has 0 saturated heterocycles. The van der Waals surface area contributed by atoms with Gasteiger partial charge in [0.1, 0.15) is 0 Å². The van der Waals surface area contributed by atoms with Gasteiger partial charge < -0.3 is 14.4 Å². The summed E-state index contributed by atoms with van der Waals surface area (Å²) in [6.45, 7) is 21.0. The first-order chi connectivity index (χ1) is 49.5. The predicted octanol–water partition coefficient (Wildman–Crippen LogP) is 25.8. The zero-order valence-corrected chi connectivity index (χ0v) is 60.7. The molecular formula is C96H76BN3S2. The number of anilines is 6. The Balaban J connectivity index is 1.01. The highest BCUT2D eigenvalue weighted by molar-refractivity contribution is 7.27. The monoisotopic (exact) mass is 1350 g/mol. The quantitative estimate of drug-likeness (QED) is 0.141. The molecule has 490 valence electrons. The zero-order valence-electron chi connectivity index (χ0n) is 59.0. The van der Waals surface area contributed by atoms with Crippen molar-refractivity contribution in [3.63, 3.8) is 0 Å². The first-order valence-corrected chi connectivity index (χ1v) is 37.5. The Morgan fingerprint density at radius 1 is 0.284 bits per heavy atom. The minimum atomic E-state index is -0.313. The van der Waals surface area contributed by atoms with Crippen LogP contribution in [0.5, 0.6) is 0 Å². The fraction of sp³-hybridized carbons (Fsp3) is 0.125. The third-order valence-electron chi connectivity index (χ3n) is 21.8. The van der Waals surface area contributed by atoms with Crippen molar-refractivity contribution in [2.45, 2.75) is 78.6 Å². The van der Waals surface area contributed by atoms with E-state index in [0.717, 1.165) is 16.9 Å². The Bertz CT molecular complexity index is 6170. The van der Waals surface area contributed by atoms with Crippen molar-refractivity contribution in [3.8, 4) is 61.3 Å². The molecule has 0 spiro atoms. The van der Waals surface area contributed by atoms with Crippen LogP contribution in [0.2, 0.25) is 0 Å². The van der Waals surface area contributed by atoms with Gasteiger partial charge in [-0.15, -0.1) is 22.7 Å². The lowest BCUT2D eigenvalue weighted by Crippen LogP contribution is -2.61. The Kier molecular flexibility index (Phi) is 14.2. The molecule has 17 aromatic rings. The van der Waals surface area contributed by atoms with Crippen LogP contribution in [0.1, 0.15) is 79.0 Å². The maximum atomic E-state index is 2.78. The van der Waals surface area contributed by atoms with Gasteiger partial charge in [0.2, 0.25) is 0 Å². The summed E-state index contributed by atoms with van der Waals surface area (Å²) >= 11 is 3.83. The van der Waals surface area contributed by atoms with Crippen LogP contribution in [0.3, 0.4) is 0 Å².